The standard InChI is InChI=1S/C23H27O.C23H25.2ClH.Zr/c1-14-8-15(2)11-18(10-14)21-19-12-16(3)9-17(19)13-20(22(21)24-7)23(4,5)6;1-15-12-18-14-17-6-5-7-20(17)22(21(18)13-15)16-8-10-19(11-9-16)23(2,3)4;;;/h8-13H,1-7H3;8-14H,5-7H2,1-4H3;2*1H;/q;;;;+2/p-2. The molecular formula is C46H52Cl2OZr. The molecule has 0 radical (unpaired) electrons. The molecule has 7 rings (SSSR count). The molecule has 0 saturated carbocycles. The van der Waals surface area contributed by atoms with Gasteiger partial charge in [0.25, 0.3) is 0 Å². The SMILES string of the molecule is COc1c(C(C)(C)C)cc2c(c1-c1cc(C)cc(C)c1)C=C(C)[CH]2[Zr+2][CH]1C(C)=Cc2c1cc1c(c2-c2ccc(C(C)(C)C)cc2)CCC1.[Cl-].[Cl-]. The molecule has 4 aromatic rings. The molecule has 0 N–H and O–H groups in total. The number of rotatable bonds is 5. The molecule has 0 heterocycles. The molecule has 0 bridgehead atoms. The Labute approximate surface area is 325 Å². The van der Waals surface area contributed by atoms with E-state index in [0.29, 0.717) is 7.25 Å². The molecule has 50 heavy (non-hydrogen) atoms. The molecule has 3 aliphatic rings. The van der Waals surface area contributed by atoms with E-state index in [2.05, 4.69) is 136 Å². The second-order valence-electron chi connectivity index (χ2n) is 16.8. The van der Waals surface area contributed by atoms with Crippen molar-refractivity contribution in [3.8, 4) is 28.0 Å². The van der Waals surface area contributed by atoms with Crippen LogP contribution in [0, 0.1) is 13.8 Å². The zero-order valence-electron chi connectivity index (χ0n) is 31.8. The number of hydrogen-bond donors (Lipinski definition) is 0. The number of halogens is 2. The van der Waals surface area contributed by atoms with Gasteiger partial charge in [0.15, 0.2) is 0 Å². The Morgan fingerprint density at radius 2 is 1.20 bits per heavy atom. The molecule has 0 aliphatic heterocycles. The first-order chi connectivity index (χ1) is 22.7. The van der Waals surface area contributed by atoms with Crippen molar-refractivity contribution in [2.24, 2.45) is 0 Å². The molecule has 1 nitrogen and oxygen atoms in total. The van der Waals surface area contributed by atoms with Gasteiger partial charge in [0.05, 0.1) is 0 Å². The van der Waals surface area contributed by atoms with E-state index in [0.717, 1.165) is 5.75 Å². The van der Waals surface area contributed by atoms with Crippen LogP contribution in [0.25, 0.3) is 34.4 Å². The van der Waals surface area contributed by atoms with E-state index in [-0.39, 0.29) is 35.6 Å². The molecule has 0 spiro atoms. The van der Waals surface area contributed by atoms with E-state index >= 15 is 0 Å². The maximum atomic E-state index is 6.33. The maximum absolute atomic E-state index is 6.33. The summed E-state index contributed by atoms with van der Waals surface area (Å²) in [6, 6.07) is 21.7. The van der Waals surface area contributed by atoms with E-state index in [9.17, 15) is 0 Å². The summed E-state index contributed by atoms with van der Waals surface area (Å²) in [5.74, 6) is 1.04. The number of ether oxygens (including phenoxy) is 1. The monoisotopic (exact) mass is 780 g/mol. The van der Waals surface area contributed by atoms with Crippen molar-refractivity contribution in [3.05, 3.63) is 121 Å². The second kappa shape index (κ2) is 14.2. The molecule has 4 aromatic carbocycles. The summed E-state index contributed by atoms with van der Waals surface area (Å²) in [4.78, 5) is 0. The number of aryl methyl sites for hydroxylation is 3. The van der Waals surface area contributed by atoms with Gasteiger partial charge >= 0.3 is 303 Å². The first-order valence-electron chi connectivity index (χ1n) is 17.9. The number of benzene rings is 4. The Kier molecular flexibility index (Phi) is 11.0. The van der Waals surface area contributed by atoms with Crippen molar-refractivity contribution in [1.82, 2.24) is 0 Å². The molecule has 260 valence electrons. The predicted octanol–water partition coefficient (Wildman–Crippen LogP) is 6.44. The molecule has 4 heteroatoms. The summed E-state index contributed by atoms with van der Waals surface area (Å²) in [6.45, 7) is 23.2. The third kappa shape index (κ3) is 6.80. The third-order valence-electron chi connectivity index (χ3n) is 11.0. The Morgan fingerprint density at radius 3 is 1.74 bits per heavy atom. The van der Waals surface area contributed by atoms with Crippen LogP contribution in [0.15, 0.2) is 65.7 Å². The van der Waals surface area contributed by atoms with Gasteiger partial charge in [0, 0.05) is 0 Å². The van der Waals surface area contributed by atoms with Crippen LogP contribution in [0.1, 0.15) is 125 Å². The molecule has 0 saturated heterocycles. The van der Waals surface area contributed by atoms with E-state index in [1.54, 1.807) is 27.8 Å². The van der Waals surface area contributed by atoms with Crippen LogP contribution in [0.4, 0.5) is 0 Å². The normalized spacial score (nSPS) is 17.5. The fourth-order valence-electron chi connectivity index (χ4n) is 8.64. The smallest absolute Gasteiger partial charge is 1.00 e. The first kappa shape index (κ1) is 38.8. The van der Waals surface area contributed by atoms with E-state index in [1.165, 1.54) is 80.5 Å². The van der Waals surface area contributed by atoms with Crippen molar-refractivity contribution < 1.29 is 52.8 Å². The molecule has 3 aliphatic carbocycles. The van der Waals surface area contributed by atoms with Crippen LogP contribution < -0.4 is 29.6 Å². The minimum atomic E-state index is -1.04. The van der Waals surface area contributed by atoms with Crippen LogP contribution in [0.2, 0.25) is 0 Å². The van der Waals surface area contributed by atoms with Crippen molar-refractivity contribution in [2.45, 2.75) is 107 Å². The van der Waals surface area contributed by atoms with Crippen molar-refractivity contribution >= 4 is 12.2 Å². The van der Waals surface area contributed by atoms with Crippen LogP contribution in [0.5, 0.6) is 5.75 Å². The maximum Gasteiger partial charge on any atom is -1.00 e. The largest absolute Gasteiger partial charge is 1.00 e. The average Bonchev–Trinajstić information content (AvgIpc) is 3.69. The molecule has 0 fully saturated rings. The minimum Gasteiger partial charge on any atom is -1.00 e. The topological polar surface area (TPSA) is 9.23 Å². The van der Waals surface area contributed by atoms with Gasteiger partial charge in [0.2, 0.25) is 0 Å². The van der Waals surface area contributed by atoms with Crippen molar-refractivity contribution in [1.29, 1.82) is 0 Å². The Morgan fingerprint density at radius 1 is 0.640 bits per heavy atom. The number of allylic oxidation sites excluding steroid dienone is 2. The van der Waals surface area contributed by atoms with E-state index < -0.39 is 23.2 Å². The number of fused-ring (bicyclic) bond motifs is 3. The van der Waals surface area contributed by atoms with Gasteiger partial charge in [0.1, 0.15) is 0 Å². The van der Waals surface area contributed by atoms with Gasteiger partial charge < -0.3 is 24.8 Å². The van der Waals surface area contributed by atoms with E-state index in [1.807, 2.05) is 7.11 Å². The Balaban J connectivity index is 0.00000243. The van der Waals surface area contributed by atoms with Crippen molar-refractivity contribution in [3.63, 3.8) is 0 Å². The quantitative estimate of drug-likeness (QED) is 0.227. The van der Waals surface area contributed by atoms with Crippen molar-refractivity contribution in [2.75, 3.05) is 7.11 Å². The van der Waals surface area contributed by atoms with Gasteiger partial charge in [-0.25, -0.2) is 0 Å². The summed E-state index contributed by atoms with van der Waals surface area (Å²) in [6.07, 6.45) is 8.79. The van der Waals surface area contributed by atoms with E-state index in [4.69, 9.17) is 4.74 Å². The summed E-state index contributed by atoms with van der Waals surface area (Å²) >= 11 is -1.04. The molecule has 0 aromatic heterocycles. The molecular weight excluding hydrogens is 731 g/mol. The molecule has 2 unspecified atom stereocenters. The number of methoxy groups -OCH3 is 1. The van der Waals surface area contributed by atoms with Crippen LogP contribution in [0.3, 0.4) is 0 Å². The Hall–Kier alpha value is -2.38. The first-order valence-corrected chi connectivity index (χ1v) is 20.8. The van der Waals surface area contributed by atoms with Crippen LogP contribution in [-0.4, -0.2) is 7.11 Å². The van der Waals surface area contributed by atoms with Crippen LogP contribution >= 0.6 is 0 Å². The van der Waals surface area contributed by atoms with Crippen LogP contribution in [-0.2, 0) is 46.9 Å². The third-order valence-corrected chi connectivity index (χ3v) is 16.4. The summed E-state index contributed by atoms with van der Waals surface area (Å²) < 4.78 is 7.43. The summed E-state index contributed by atoms with van der Waals surface area (Å²) in [7, 11) is 1.86. The molecule has 0 amide bonds. The van der Waals surface area contributed by atoms with Gasteiger partial charge in [-0.2, -0.15) is 0 Å². The fraction of sp³-hybridized carbons (Fsp3) is 0.391. The fourth-order valence-corrected chi connectivity index (χ4v) is 13.2. The zero-order chi connectivity index (χ0) is 34.3. The minimum absolute atomic E-state index is 0. The predicted molar refractivity (Wildman–Crippen MR) is 202 cm³/mol. The Bertz CT molecular complexity index is 2000. The summed E-state index contributed by atoms with van der Waals surface area (Å²) in [5, 5.41) is 0. The number of hydrogen-bond acceptors (Lipinski definition) is 1. The van der Waals surface area contributed by atoms with Gasteiger partial charge in [-0.15, -0.1) is 0 Å². The zero-order valence-corrected chi connectivity index (χ0v) is 35.8. The van der Waals surface area contributed by atoms with Gasteiger partial charge in [-0.3, -0.25) is 0 Å². The second-order valence-corrected chi connectivity index (χ2v) is 20.5. The average molecular weight is 783 g/mol. The molecule has 2 atom stereocenters. The van der Waals surface area contributed by atoms with Gasteiger partial charge in [-0.05, 0) is 0 Å². The summed E-state index contributed by atoms with van der Waals surface area (Å²) in [5.41, 5.74) is 23.3. The van der Waals surface area contributed by atoms with Gasteiger partial charge in [-0.1, -0.05) is 0 Å².